The second-order valence-electron chi connectivity index (χ2n) is 8.26. The van der Waals surface area contributed by atoms with Crippen molar-refractivity contribution in [2.45, 2.75) is 19.6 Å². The Bertz CT molecular complexity index is 1170. The van der Waals surface area contributed by atoms with Crippen molar-refractivity contribution in [3.05, 3.63) is 94.9 Å². The van der Waals surface area contributed by atoms with Crippen LogP contribution in [0.4, 0.5) is 11.4 Å². The molecule has 0 amide bonds. The highest BCUT2D eigenvalue weighted by Gasteiger charge is 2.06. The van der Waals surface area contributed by atoms with Gasteiger partial charge in [-0.1, -0.05) is 35.9 Å². The van der Waals surface area contributed by atoms with Crippen LogP contribution in [0, 0.1) is 0 Å². The minimum Gasteiger partial charge on any atom is -0.380 e. The molecule has 0 atom stereocenters. The van der Waals surface area contributed by atoms with E-state index in [4.69, 9.17) is 11.6 Å². The second kappa shape index (κ2) is 9.98. The predicted molar refractivity (Wildman–Crippen MR) is 134 cm³/mol. The van der Waals surface area contributed by atoms with E-state index in [0.29, 0.717) is 5.02 Å². The summed E-state index contributed by atoms with van der Waals surface area (Å²) in [5.74, 6) is 0. The van der Waals surface area contributed by atoms with Crippen LogP contribution in [-0.2, 0) is 19.6 Å². The minimum absolute atomic E-state index is 0.698. The molecule has 0 radical (unpaired) electrons. The summed E-state index contributed by atoms with van der Waals surface area (Å²) in [6.45, 7) is 2.44. The second-order valence-corrected chi connectivity index (χ2v) is 8.70. The van der Waals surface area contributed by atoms with E-state index in [2.05, 4.69) is 68.5 Å². The Kier molecular flexibility index (Phi) is 6.88. The molecule has 32 heavy (non-hydrogen) atoms. The van der Waals surface area contributed by atoms with E-state index in [1.54, 1.807) is 0 Å². The fourth-order valence-corrected chi connectivity index (χ4v) is 3.82. The van der Waals surface area contributed by atoms with Crippen molar-refractivity contribution in [1.82, 2.24) is 14.9 Å². The number of nitrogens with one attached hydrogen (secondary N) is 1. The normalized spacial score (nSPS) is 11.2. The lowest BCUT2D eigenvalue weighted by Gasteiger charge is -2.18. The van der Waals surface area contributed by atoms with Crippen LogP contribution in [0.2, 0.25) is 5.02 Å². The van der Waals surface area contributed by atoms with E-state index < -0.39 is 0 Å². The maximum Gasteiger partial charge on any atom is 0.0737 e. The molecule has 0 spiro atoms. The maximum atomic E-state index is 6.09. The Morgan fingerprint density at radius 2 is 1.62 bits per heavy atom. The molecule has 0 aliphatic rings. The number of pyridine rings is 2. The van der Waals surface area contributed by atoms with Crippen molar-refractivity contribution in [1.29, 1.82) is 0 Å². The van der Waals surface area contributed by atoms with Crippen LogP contribution in [0.5, 0.6) is 0 Å². The number of anilines is 2. The quantitative estimate of drug-likeness (QED) is 0.382. The standard InChI is InChI=1S/C26H28ClN5/c1-31(2)23-10-9-22(29-16-23)18-32(3)17-20-6-4-19(5-7-20)15-30-25-12-13-28-26-14-21(27)8-11-24(25)26/h4-14,16H,15,17-18H2,1-3H3,(H,28,30). The molecule has 6 heteroatoms. The Morgan fingerprint density at radius 1 is 0.844 bits per heavy atom. The van der Waals surface area contributed by atoms with Gasteiger partial charge in [-0.2, -0.15) is 0 Å². The molecule has 0 aliphatic carbocycles. The SMILES string of the molecule is CN(Cc1ccc(CNc2ccnc3cc(Cl)ccc23)cc1)Cc1ccc(N(C)C)cn1. The molecule has 1 N–H and O–H groups in total. The van der Waals surface area contributed by atoms with E-state index in [0.717, 1.165) is 47.6 Å². The summed E-state index contributed by atoms with van der Waals surface area (Å²) in [6.07, 6.45) is 3.73. The number of benzene rings is 2. The molecule has 4 rings (SSSR count). The van der Waals surface area contributed by atoms with Gasteiger partial charge in [0.25, 0.3) is 0 Å². The van der Waals surface area contributed by atoms with Crippen molar-refractivity contribution < 1.29 is 0 Å². The van der Waals surface area contributed by atoms with Gasteiger partial charge in [-0.3, -0.25) is 14.9 Å². The third kappa shape index (κ3) is 5.55. The first-order chi connectivity index (χ1) is 15.5. The van der Waals surface area contributed by atoms with Gasteiger partial charge in [0.2, 0.25) is 0 Å². The molecule has 0 fully saturated rings. The molecule has 164 valence electrons. The van der Waals surface area contributed by atoms with Crippen molar-refractivity contribution in [3.63, 3.8) is 0 Å². The molecular weight excluding hydrogens is 418 g/mol. The van der Waals surface area contributed by atoms with E-state index in [1.165, 1.54) is 11.1 Å². The van der Waals surface area contributed by atoms with Gasteiger partial charge in [-0.15, -0.1) is 0 Å². The summed E-state index contributed by atoms with van der Waals surface area (Å²) < 4.78 is 0. The van der Waals surface area contributed by atoms with Gasteiger partial charge in [0, 0.05) is 56.0 Å². The van der Waals surface area contributed by atoms with Gasteiger partial charge in [-0.25, -0.2) is 0 Å². The molecule has 2 heterocycles. The van der Waals surface area contributed by atoms with Gasteiger partial charge >= 0.3 is 0 Å². The molecule has 2 aromatic heterocycles. The highest BCUT2D eigenvalue weighted by atomic mass is 35.5. The molecule has 2 aromatic carbocycles. The van der Waals surface area contributed by atoms with Gasteiger partial charge in [-0.05, 0) is 54.6 Å². The van der Waals surface area contributed by atoms with Gasteiger partial charge in [0.05, 0.1) is 23.1 Å². The van der Waals surface area contributed by atoms with E-state index in [1.807, 2.05) is 50.8 Å². The monoisotopic (exact) mass is 445 g/mol. The lowest BCUT2D eigenvalue weighted by molar-refractivity contribution is 0.315. The van der Waals surface area contributed by atoms with Crippen LogP contribution in [0.15, 0.2) is 73.1 Å². The number of halogens is 1. The third-order valence-electron chi connectivity index (χ3n) is 5.42. The van der Waals surface area contributed by atoms with Crippen LogP contribution in [0.25, 0.3) is 10.9 Å². The zero-order chi connectivity index (χ0) is 22.5. The fraction of sp³-hybridized carbons (Fsp3) is 0.231. The smallest absolute Gasteiger partial charge is 0.0737 e. The van der Waals surface area contributed by atoms with Crippen LogP contribution >= 0.6 is 11.6 Å². The van der Waals surface area contributed by atoms with Crippen LogP contribution in [-0.4, -0.2) is 36.0 Å². The van der Waals surface area contributed by atoms with Crippen molar-refractivity contribution >= 4 is 33.9 Å². The number of hydrogen-bond donors (Lipinski definition) is 1. The first-order valence-electron chi connectivity index (χ1n) is 10.6. The van der Waals surface area contributed by atoms with E-state index in [-0.39, 0.29) is 0 Å². The molecular formula is C26H28ClN5. The van der Waals surface area contributed by atoms with E-state index >= 15 is 0 Å². The number of rotatable bonds is 8. The lowest BCUT2D eigenvalue weighted by atomic mass is 10.1. The number of hydrogen-bond acceptors (Lipinski definition) is 5. The Morgan fingerprint density at radius 3 is 2.34 bits per heavy atom. The molecule has 0 saturated carbocycles. The van der Waals surface area contributed by atoms with Gasteiger partial charge in [0.1, 0.15) is 0 Å². The predicted octanol–water partition coefficient (Wildman–Crippen LogP) is 5.59. The maximum absolute atomic E-state index is 6.09. The van der Waals surface area contributed by atoms with Crippen molar-refractivity contribution in [3.8, 4) is 0 Å². The molecule has 0 bridgehead atoms. The largest absolute Gasteiger partial charge is 0.380 e. The first-order valence-corrected chi connectivity index (χ1v) is 11.0. The topological polar surface area (TPSA) is 44.3 Å². The van der Waals surface area contributed by atoms with Crippen LogP contribution in [0.3, 0.4) is 0 Å². The zero-order valence-electron chi connectivity index (χ0n) is 18.7. The van der Waals surface area contributed by atoms with E-state index in [9.17, 15) is 0 Å². The number of aromatic nitrogens is 2. The Hall–Kier alpha value is -3.15. The zero-order valence-corrected chi connectivity index (χ0v) is 19.5. The average molecular weight is 446 g/mol. The summed E-state index contributed by atoms with van der Waals surface area (Å²) in [4.78, 5) is 13.3. The fourth-order valence-electron chi connectivity index (χ4n) is 3.65. The van der Waals surface area contributed by atoms with Gasteiger partial charge in [0.15, 0.2) is 0 Å². The Labute approximate surface area is 194 Å². The minimum atomic E-state index is 0.698. The van der Waals surface area contributed by atoms with Crippen molar-refractivity contribution in [2.75, 3.05) is 31.4 Å². The highest BCUT2D eigenvalue weighted by Crippen LogP contribution is 2.25. The van der Waals surface area contributed by atoms with Crippen molar-refractivity contribution in [2.24, 2.45) is 0 Å². The average Bonchev–Trinajstić information content (AvgIpc) is 2.78. The summed E-state index contributed by atoms with van der Waals surface area (Å²) in [5, 5.41) is 5.29. The van der Waals surface area contributed by atoms with Crippen LogP contribution in [0.1, 0.15) is 16.8 Å². The molecule has 0 aliphatic heterocycles. The summed E-state index contributed by atoms with van der Waals surface area (Å²) in [7, 11) is 6.17. The van der Waals surface area contributed by atoms with Gasteiger partial charge < -0.3 is 10.2 Å². The molecule has 0 saturated heterocycles. The number of fused-ring (bicyclic) bond motifs is 1. The molecule has 5 nitrogen and oxygen atoms in total. The summed E-state index contributed by atoms with van der Waals surface area (Å²) in [5.41, 5.74) is 6.66. The van der Waals surface area contributed by atoms with Crippen LogP contribution < -0.4 is 10.2 Å². The first kappa shape index (κ1) is 22.1. The molecule has 0 unspecified atom stereocenters. The highest BCUT2D eigenvalue weighted by molar-refractivity contribution is 6.31. The summed E-state index contributed by atoms with van der Waals surface area (Å²) >= 11 is 6.09. The summed E-state index contributed by atoms with van der Waals surface area (Å²) in [6, 6.07) is 20.7. The lowest BCUT2D eigenvalue weighted by Crippen LogP contribution is -2.18. The Balaban J connectivity index is 1.33. The third-order valence-corrected chi connectivity index (χ3v) is 5.66. The molecule has 4 aromatic rings. The number of nitrogens with zero attached hydrogens (tertiary/aromatic N) is 4.